The lowest BCUT2D eigenvalue weighted by Crippen LogP contribution is -2.26. The Kier molecular flexibility index (Phi) is 3.27. The van der Waals surface area contributed by atoms with Gasteiger partial charge in [0.2, 0.25) is 0 Å². The van der Waals surface area contributed by atoms with E-state index in [4.69, 9.17) is 10.2 Å². The maximum Gasteiger partial charge on any atom is 0.169 e. The molecule has 0 bridgehead atoms. The minimum atomic E-state index is -0.00958. The standard InChI is InChI=1S/C15H16BrNO/c16-14-8-7-13(18-14)15(17)12-6-5-10-3-1-2-4-11(10)9-12/h1-4,7-8,12,15H,5-6,9,17H2. The number of hydrogen-bond donors (Lipinski definition) is 1. The summed E-state index contributed by atoms with van der Waals surface area (Å²) in [5, 5.41) is 0. The second-order valence-corrected chi connectivity index (χ2v) is 5.72. The number of fused-ring (bicyclic) bond motifs is 1. The van der Waals surface area contributed by atoms with E-state index < -0.39 is 0 Å². The van der Waals surface area contributed by atoms with Crippen LogP contribution in [0.1, 0.15) is 29.3 Å². The van der Waals surface area contributed by atoms with E-state index in [0.717, 1.165) is 29.7 Å². The number of hydrogen-bond acceptors (Lipinski definition) is 2. The lowest BCUT2D eigenvalue weighted by Gasteiger charge is -2.28. The largest absolute Gasteiger partial charge is 0.453 e. The second-order valence-electron chi connectivity index (χ2n) is 4.94. The van der Waals surface area contributed by atoms with Crippen molar-refractivity contribution in [1.82, 2.24) is 0 Å². The summed E-state index contributed by atoms with van der Waals surface area (Å²) in [6, 6.07) is 12.5. The smallest absolute Gasteiger partial charge is 0.169 e. The molecular weight excluding hydrogens is 290 g/mol. The first kappa shape index (κ1) is 12.0. The van der Waals surface area contributed by atoms with Crippen LogP contribution in [-0.4, -0.2) is 0 Å². The van der Waals surface area contributed by atoms with Gasteiger partial charge in [0.25, 0.3) is 0 Å². The lowest BCUT2D eigenvalue weighted by atomic mass is 9.79. The van der Waals surface area contributed by atoms with Gasteiger partial charge in [0.1, 0.15) is 5.76 Å². The summed E-state index contributed by atoms with van der Waals surface area (Å²) in [7, 11) is 0. The van der Waals surface area contributed by atoms with Gasteiger partial charge in [0.15, 0.2) is 4.67 Å². The summed E-state index contributed by atoms with van der Waals surface area (Å²) in [6.07, 6.45) is 3.31. The van der Waals surface area contributed by atoms with Crippen molar-refractivity contribution in [2.45, 2.75) is 25.3 Å². The molecule has 3 heteroatoms. The third kappa shape index (κ3) is 2.25. The highest BCUT2D eigenvalue weighted by molar-refractivity contribution is 9.10. The van der Waals surface area contributed by atoms with Crippen molar-refractivity contribution >= 4 is 15.9 Å². The maximum atomic E-state index is 6.33. The highest BCUT2D eigenvalue weighted by Crippen LogP contribution is 2.33. The Morgan fingerprint density at radius 1 is 1.17 bits per heavy atom. The molecule has 2 atom stereocenters. The molecule has 2 nitrogen and oxygen atoms in total. The zero-order valence-corrected chi connectivity index (χ0v) is 11.7. The van der Waals surface area contributed by atoms with E-state index in [2.05, 4.69) is 40.2 Å². The van der Waals surface area contributed by atoms with Crippen LogP contribution in [0.25, 0.3) is 0 Å². The Hall–Kier alpha value is -1.06. The van der Waals surface area contributed by atoms with Gasteiger partial charge in [-0.05, 0) is 64.4 Å². The summed E-state index contributed by atoms with van der Waals surface area (Å²) >= 11 is 3.33. The molecule has 18 heavy (non-hydrogen) atoms. The fraction of sp³-hybridized carbons (Fsp3) is 0.333. The van der Waals surface area contributed by atoms with E-state index in [-0.39, 0.29) is 6.04 Å². The number of furan rings is 1. The fourth-order valence-corrected chi connectivity index (χ4v) is 3.09. The van der Waals surface area contributed by atoms with Crippen molar-refractivity contribution in [3.05, 3.63) is 58.0 Å². The summed E-state index contributed by atoms with van der Waals surface area (Å²) in [5.74, 6) is 1.35. The molecular formula is C15H16BrNO. The lowest BCUT2D eigenvalue weighted by molar-refractivity contribution is 0.328. The first-order valence-electron chi connectivity index (χ1n) is 6.31. The first-order valence-corrected chi connectivity index (χ1v) is 7.11. The maximum absolute atomic E-state index is 6.33. The van der Waals surface area contributed by atoms with Crippen LogP contribution in [0.15, 0.2) is 45.5 Å². The van der Waals surface area contributed by atoms with Gasteiger partial charge in [-0.1, -0.05) is 24.3 Å². The van der Waals surface area contributed by atoms with Crippen LogP contribution in [-0.2, 0) is 12.8 Å². The van der Waals surface area contributed by atoms with E-state index in [1.165, 1.54) is 11.1 Å². The predicted octanol–water partition coefficient (Wildman–Crippen LogP) is 3.85. The summed E-state index contributed by atoms with van der Waals surface area (Å²) in [5.41, 5.74) is 9.24. The van der Waals surface area contributed by atoms with Gasteiger partial charge in [0, 0.05) is 0 Å². The van der Waals surface area contributed by atoms with Crippen molar-refractivity contribution in [3.8, 4) is 0 Å². The minimum absolute atomic E-state index is 0.00958. The number of benzene rings is 1. The Bertz CT molecular complexity index is 549. The van der Waals surface area contributed by atoms with Crippen LogP contribution in [0.4, 0.5) is 0 Å². The Morgan fingerprint density at radius 3 is 2.67 bits per heavy atom. The van der Waals surface area contributed by atoms with E-state index in [1.54, 1.807) is 0 Å². The molecule has 0 saturated heterocycles. The van der Waals surface area contributed by atoms with Crippen molar-refractivity contribution in [2.75, 3.05) is 0 Å². The molecule has 3 rings (SSSR count). The van der Waals surface area contributed by atoms with Gasteiger partial charge >= 0.3 is 0 Å². The van der Waals surface area contributed by atoms with Crippen LogP contribution in [0.3, 0.4) is 0 Å². The van der Waals surface area contributed by atoms with Gasteiger partial charge in [-0.15, -0.1) is 0 Å². The molecule has 0 fully saturated rings. The van der Waals surface area contributed by atoms with Crippen LogP contribution in [0, 0.1) is 5.92 Å². The van der Waals surface area contributed by atoms with Gasteiger partial charge < -0.3 is 10.2 Å². The highest BCUT2D eigenvalue weighted by atomic mass is 79.9. The molecule has 0 saturated carbocycles. The third-order valence-corrected chi connectivity index (χ3v) is 4.24. The SMILES string of the molecule is NC(c1ccc(Br)o1)C1CCc2ccccc2C1. The number of nitrogens with two attached hydrogens (primary N) is 1. The molecule has 94 valence electrons. The molecule has 1 heterocycles. The molecule has 0 aliphatic heterocycles. The van der Waals surface area contributed by atoms with E-state index in [0.29, 0.717) is 5.92 Å². The molecule has 1 aromatic heterocycles. The average Bonchev–Trinajstić information content (AvgIpc) is 2.84. The average molecular weight is 306 g/mol. The Labute approximate surface area is 115 Å². The van der Waals surface area contributed by atoms with E-state index >= 15 is 0 Å². The van der Waals surface area contributed by atoms with Crippen LogP contribution < -0.4 is 5.73 Å². The molecule has 0 amide bonds. The van der Waals surface area contributed by atoms with Crippen LogP contribution >= 0.6 is 15.9 Å². The molecule has 2 N–H and O–H groups in total. The quantitative estimate of drug-likeness (QED) is 0.915. The van der Waals surface area contributed by atoms with Crippen LogP contribution in [0.2, 0.25) is 0 Å². The van der Waals surface area contributed by atoms with E-state index in [9.17, 15) is 0 Å². The fourth-order valence-electron chi connectivity index (χ4n) is 2.77. The normalized spacial score (nSPS) is 20.4. The molecule has 1 aliphatic carbocycles. The Morgan fingerprint density at radius 2 is 1.94 bits per heavy atom. The van der Waals surface area contributed by atoms with Gasteiger partial charge in [-0.2, -0.15) is 0 Å². The van der Waals surface area contributed by atoms with E-state index in [1.807, 2.05) is 12.1 Å². The second kappa shape index (κ2) is 4.90. The minimum Gasteiger partial charge on any atom is -0.453 e. The molecule has 1 aromatic carbocycles. The number of aryl methyl sites for hydroxylation is 1. The topological polar surface area (TPSA) is 39.2 Å². The van der Waals surface area contributed by atoms with Crippen molar-refractivity contribution < 1.29 is 4.42 Å². The number of halogens is 1. The van der Waals surface area contributed by atoms with Crippen LogP contribution in [0.5, 0.6) is 0 Å². The summed E-state index contributed by atoms with van der Waals surface area (Å²) in [4.78, 5) is 0. The zero-order chi connectivity index (χ0) is 12.5. The summed E-state index contributed by atoms with van der Waals surface area (Å²) in [6.45, 7) is 0. The van der Waals surface area contributed by atoms with Crippen molar-refractivity contribution in [3.63, 3.8) is 0 Å². The molecule has 2 unspecified atom stereocenters. The predicted molar refractivity (Wildman–Crippen MR) is 75.3 cm³/mol. The number of rotatable bonds is 2. The van der Waals surface area contributed by atoms with Crippen molar-refractivity contribution in [1.29, 1.82) is 0 Å². The molecule has 2 aromatic rings. The monoisotopic (exact) mass is 305 g/mol. The van der Waals surface area contributed by atoms with Crippen molar-refractivity contribution in [2.24, 2.45) is 11.7 Å². The van der Waals surface area contributed by atoms with Gasteiger partial charge in [-0.25, -0.2) is 0 Å². The molecule has 0 spiro atoms. The summed E-state index contributed by atoms with van der Waals surface area (Å²) < 4.78 is 6.33. The highest BCUT2D eigenvalue weighted by Gasteiger charge is 2.26. The third-order valence-electron chi connectivity index (χ3n) is 3.82. The molecule has 0 radical (unpaired) electrons. The Balaban J connectivity index is 1.79. The molecule has 1 aliphatic rings. The van der Waals surface area contributed by atoms with Gasteiger partial charge in [0.05, 0.1) is 6.04 Å². The first-order chi connectivity index (χ1) is 8.74. The zero-order valence-electron chi connectivity index (χ0n) is 10.1. The van der Waals surface area contributed by atoms with Gasteiger partial charge in [-0.3, -0.25) is 0 Å².